The van der Waals surface area contributed by atoms with Gasteiger partial charge >= 0.3 is 0 Å². The molecular weight excluding hydrogens is 126 g/mol. The number of rotatable bonds is 3. The van der Waals surface area contributed by atoms with Crippen LogP contribution in [0, 0.1) is 5.92 Å². The first-order chi connectivity index (χ1) is 4.68. The van der Waals surface area contributed by atoms with Gasteiger partial charge in [0.2, 0.25) is 0 Å². The lowest BCUT2D eigenvalue weighted by atomic mass is 9.90. The normalized spacial score (nSPS) is 32.4. The summed E-state index contributed by atoms with van der Waals surface area (Å²) in [6.07, 6.45) is 2.59. The van der Waals surface area contributed by atoms with Gasteiger partial charge < -0.3 is 10.5 Å². The molecule has 2 N–H and O–H groups in total. The number of ether oxygens (including phenoxy) is 1. The van der Waals surface area contributed by atoms with Gasteiger partial charge in [0.05, 0.1) is 6.10 Å². The van der Waals surface area contributed by atoms with E-state index >= 15 is 0 Å². The van der Waals surface area contributed by atoms with Crippen LogP contribution in [0.3, 0.4) is 0 Å². The summed E-state index contributed by atoms with van der Waals surface area (Å²) in [6, 6.07) is 0.414. The van der Waals surface area contributed by atoms with Crippen LogP contribution >= 0.6 is 0 Å². The summed E-state index contributed by atoms with van der Waals surface area (Å²) in [6.45, 7) is 5.22. The van der Waals surface area contributed by atoms with Crippen LogP contribution in [0.1, 0.15) is 26.7 Å². The maximum atomic E-state index is 5.60. The summed E-state index contributed by atoms with van der Waals surface area (Å²) in [7, 11) is 0. The molecule has 1 aliphatic rings. The summed E-state index contributed by atoms with van der Waals surface area (Å²) < 4.78 is 5.53. The molecule has 0 aromatic heterocycles. The molecule has 2 heteroatoms. The molecule has 10 heavy (non-hydrogen) atoms. The van der Waals surface area contributed by atoms with Crippen molar-refractivity contribution in [2.45, 2.75) is 38.8 Å². The lowest BCUT2D eigenvalue weighted by molar-refractivity contribution is -0.0203. The summed E-state index contributed by atoms with van der Waals surface area (Å²) in [5, 5.41) is 0. The Bertz CT molecular complexity index is 97.4. The van der Waals surface area contributed by atoms with Crippen molar-refractivity contribution >= 4 is 0 Å². The van der Waals surface area contributed by atoms with Crippen LogP contribution in [0.25, 0.3) is 0 Å². The van der Waals surface area contributed by atoms with E-state index in [1.807, 2.05) is 0 Å². The molecule has 60 valence electrons. The van der Waals surface area contributed by atoms with Crippen molar-refractivity contribution in [2.24, 2.45) is 11.7 Å². The number of nitrogens with two attached hydrogens (primary N) is 1. The fraction of sp³-hybridized carbons (Fsp3) is 1.00. The highest BCUT2D eigenvalue weighted by Crippen LogP contribution is 2.21. The van der Waals surface area contributed by atoms with Crippen molar-refractivity contribution in [3.05, 3.63) is 0 Å². The SMILES string of the molecule is CC(C)COC1CC(N)C1. The van der Waals surface area contributed by atoms with Crippen LogP contribution in [0.4, 0.5) is 0 Å². The zero-order valence-corrected chi connectivity index (χ0v) is 6.84. The van der Waals surface area contributed by atoms with Gasteiger partial charge in [0.1, 0.15) is 0 Å². The maximum Gasteiger partial charge on any atom is 0.0604 e. The topological polar surface area (TPSA) is 35.2 Å². The molecule has 1 fully saturated rings. The average molecular weight is 143 g/mol. The lowest BCUT2D eigenvalue weighted by Crippen LogP contribution is -2.42. The van der Waals surface area contributed by atoms with E-state index in [-0.39, 0.29) is 0 Å². The van der Waals surface area contributed by atoms with Gasteiger partial charge in [0.15, 0.2) is 0 Å². The minimum Gasteiger partial charge on any atom is -0.378 e. The highest BCUT2D eigenvalue weighted by molar-refractivity contribution is 4.82. The van der Waals surface area contributed by atoms with E-state index < -0.39 is 0 Å². The Morgan fingerprint density at radius 1 is 1.50 bits per heavy atom. The predicted octanol–water partition coefficient (Wildman–Crippen LogP) is 1.15. The van der Waals surface area contributed by atoms with Crippen molar-refractivity contribution in [3.8, 4) is 0 Å². The molecule has 1 rings (SSSR count). The smallest absolute Gasteiger partial charge is 0.0604 e. The Hall–Kier alpha value is -0.0800. The molecule has 0 saturated heterocycles. The maximum absolute atomic E-state index is 5.60. The van der Waals surface area contributed by atoms with Gasteiger partial charge in [0.25, 0.3) is 0 Å². The molecule has 2 nitrogen and oxygen atoms in total. The number of hydrogen-bond donors (Lipinski definition) is 1. The van der Waals surface area contributed by atoms with Crippen LogP contribution in [0.5, 0.6) is 0 Å². The molecule has 1 aliphatic carbocycles. The van der Waals surface area contributed by atoms with Crippen molar-refractivity contribution in [1.29, 1.82) is 0 Å². The quantitative estimate of drug-likeness (QED) is 0.643. The molecule has 0 bridgehead atoms. The van der Waals surface area contributed by atoms with Gasteiger partial charge in [0, 0.05) is 12.6 Å². The Morgan fingerprint density at radius 3 is 2.50 bits per heavy atom. The largest absolute Gasteiger partial charge is 0.378 e. The van der Waals surface area contributed by atoms with E-state index in [0.717, 1.165) is 19.4 Å². The van der Waals surface area contributed by atoms with Crippen LogP contribution < -0.4 is 5.73 Å². The molecule has 0 unspecified atom stereocenters. The summed E-state index contributed by atoms with van der Waals surface area (Å²) in [5.41, 5.74) is 5.60. The first-order valence-electron chi connectivity index (χ1n) is 4.05. The molecule has 1 saturated carbocycles. The van der Waals surface area contributed by atoms with Crippen molar-refractivity contribution < 1.29 is 4.74 Å². The molecule has 0 aromatic carbocycles. The molecule has 0 atom stereocenters. The molecule has 0 amide bonds. The third kappa shape index (κ3) is 2.27. The van der Waals surface area contributed by atoms with E-state index in [9.17, 15) is 0 Å². The number of hydrogen-bond acceptors (Lipinski definition) is 2. The Labute approximate surface area is 62.7 Å². The van der Waals surface area contributed by atoms with Crippen LogP contribution in [-0.4, -0.2) is 18.8 Å². The van der Waals surface area contributed by atoms with Crippen LogP contribution in [0.15, 0.2) is 0 Å². The minimum absolute atomic E-state index is 0.414. The van der Waals surface area contributed by atoms with Crippen LogP contribution in [-0.2, 0) is 4.74 Å². The second-order valence-electron chi connectivity index (χ2n) is 3.58. The van der Waals surface area contributed by atoms with Gasteiger partial charge in [-0.3, -0.25) is 0 Å². The fourth-order valence-corrected chi connectivity index (χ4v) is 1.07. The molecule has 0 aliphatic heterocycles. The van der Waals surface area contributed by atoms with E-state index in [2.05, 4.69) is 13.8 Å². The van der Waals surface area contributed by atoms with E-state index in [0.29, 0.717) is 18.1 Å². The van der Waals surface area contributed by atoms with Gasteiger partial charge in [-0.25, -0.2) is 0 Å². The lowest BCUT2D eigenvalue weighted by Gasteiger charge is -2.32. The molecule has 0 spiro atoms. The first kappa shape index (κ1) is 8.02. The molecule has 0 radical (unpaired) electrons. The molecule has 0 aromatic rings. The molecular formula is C8H17NO. The predicted molar refractivity (Wildman–Crippen MR) is 41.8 cm³/mol. The zero-order chi connectivity index (χ0) is 7.56. The Balaban J connectivity index is 1.95. The van der Waals surface area contributed by atoms with E-state index in [1.54, 1.807) is 0 Å². The average Bonchev–Trinajstić information content (AvgIpc) is 1.77. The van der Waals surface area contributed by atoms with Gasteiger partial charge in [-0.2, -0.15) is 0 Å². The second kappa shape index (κ2) is 3.35. The highest BCUT2D eigenvalue weighted by Gasteiger charge is 2.26. The van der Waals surface area contributed by atoms with Gasteiger partial charge in [-0.05, 0) is 18.8 Å². The molecule has 0 heterocycles. The van der Waals surface area contributed by atoms with Gasteiger partial charge in [-0.1, -0.05) is 13.8 Å². The van der Waals surface area contributed by atoms with E-state index in [4.69, 9.17) is 10.5 Å². The van der Waals surface area contributed by atoms with Gasteiger partial charge in [-0.15, -0.1) is 0 Å². The first-order valence-corrected chi connectivity index (χ1v) is 4.05. The van der Waals surface area contributed by atoms with Crippen molar-refractivity contribution in [1.82, 2.24) is 0 Å². The monoisotopic (exact) mass is 143 g/mol. The van der Waals surface area contributed by atoms with Crippen LogP contribution in [0.2, 0.25) is 0 Å². The van der Waals surface area contributed by atoms with Crippen molar-refractivity contribution in [3.63, 3.8) is 0 Å². The van der Waals surface area contributed by atoms with Crippen molar-refractivity contribution in [2.75, 3.05) is 6.61 Å². The van der Waals surface area contributed by atoms with E-state index in [1.165, 1.54) is 0 Å². The highest BCUT2D eigenvalue weighted by atomic mass is 16.5. The zero-order valence-electron chi connectivity index (χ0n) is 6.84. The Kier molecular flexibility index (Phi) is 2.69. The Morgan fingerprint density at radius 2 is 2.10 bits per heavy atom. The summed E-state index contributed by atoms with van der Waals surface area (Å²) in [4.78, 5) is 0. The standard InChI is InChI=1S/C8H17NO/c1-6(2)5-10-8-3-7(9)4-8/h6-8H,3-5,9H2,1-2H3. The minimum atomic E-state index is 0.414. The fourth-order valence-electron chi connectivity index (χ4n) is 1.07. The third-order valence-electron chi connectivity index (χ3n) is 1.80. The second-order valence-corrected chi connectivity index (χ2v) is 3.58. The summed E-state index contributed by atoms with van der Waals surface area (Å²) in [5.74, 6) is 0.650. The summed E-state index contributed by atoms with van der Waals surface area (Å²) >= 11 is 0. The third-order valence-corrected chi connectivity index (χ3v) is 1.80.